The quantitative estimate of drug-likeness (QED) is 0.764. The molecule has 0 saturated carbocycles. The fourth-order valence-corrected chi connectivity index (χ4v) is 3.98. The smallest absolute Gasteiger partial charge is 0.339 e. The molecule has 0 radical (unpaired) electrons. The summed E-state index contributed by atoms with van der Waals surface area (Å²) >= 11 is 7.68. The number of ether oxygens (including phenoxy) is 1. The molecule has 1 aliphatic heterocycles. The lowest BCUT2D eigenvalue weighted by molar-refractivity contribution is -0.121. The Morgan fingerprint density at radius 1 is 1.37 bits per heavy atom. The lowest BCUT2D eigenvalue weighted by Gasteiger charge is -2.30. The van der Waals surface area contributed by atoms with Crippen LogP contribution in [0.25, 0.3) is 0 Å². The number of aryl methyl sites for hydroxylation is 1. The number of anilines is 1. The van der Waals surface area contributed by atoms with E-state index in [0.717, 1.165) is 43.2 Å². The summed E-state index contributed by atoms with van der Waals surface area (Å²) in [7, 11) is 1.30. The van der Waals surface area contributed by atoms with Gasteiger partial charge >= 0.3 is 5.97 Å². The minimum atomic E-state index is -0.526. The van der Waals surface area contributed by atoms with Crippen LogP contribution in [0, 0.1) is 12.8 Å². The van der Waals surface area contributed by atoms with E-state index in [2.05, 4.69) is 20.6 Å². The summed E-state index contributed by atoms with van der Waals surface area (Å²) in [6.07, 6.45) is 1.60. The lowest BCUT2D eigenvalue weighted by Crippen LogP contribution is -2.37. The van der Waals surface area contributed by atoms with Crippen LogP contribution in [0.2, 0.25) is 5.02 Å². The second-order valence-electron chi connectivity index (χ2n) is 6.58. The monoisotopic (exact) mass is 407 g/mol. The number of methoxy groups -OCH3 is 1. The van der Waals surface area contributed by atoms with Gasteiger partial charge in [0.05, 0.1) is 28.4 Å². The molecular weight excluding hydrogens is 386 g/mol. The van der Waals surface area contributed by atoms with Crippen molar-refractivity contribution >= 4 is 40.5 Å². The van der Waals surface area contributed by atoms with Gasteiger partial charge in [-0.3, -0.25) is 9.69 Å². The molecule has 3 rings (SSSR count). The molecule has 2 aromatic rings. The molecule has 1 aromatic carbocycles. The van der Waals surface area contributed by atoms with Crippen LogP contribution in [0.3, 0.4) is 0 Å². The van der Waals surface area contributed by atoms with E-state index in [1.807, 2.05) is 6.92 Å². The highest BCUT2D eigenvalue weighted by molar-refractivity contribution is 7.09. The number of aromatic nitrogens is 1. The highest BCUT2D eigenvalue weighted by Gasteiger charge is 2.25. The first-order chi connectivity index (χ1) is 13.0. The highest BCUT2D eigenvalue weighted by Crippen LogP contribution is 2.24. The van der Waals surface area contributed by atoms with Crippen molar-refractivity contribution in [3.05, 3.63) is 44.9 Å². The number of nitrogens with zero attached hydrogens (tertiary/aromatic N) is 2. The van der Waals surface area contributed by atoms with Crippen molar-refractivity contribution in [3.63, 3.8) is 0 Å². The molecule has 144 valence electrons. The van der Waals surface area contributed by atoms with Gasteiger partial charge < -0.3 is 10.1 Å². The summed E-state index contributed by atoms with van der Waals surface area (Å²) in [5, 5.41) is 6.36. The number of hydrogen-bond acceptors (Lipinski definition) is 6. The predicted molar refractivity (Wildman–Crippen MR) is 106 cm³/mol. The van der Waals surface area contributed by atoms with Crippen molar-refractivity contribution in [2.45, 2.75) is 26.3 Å². The fourth-order valence-electron chi connectivity index (χ4n) is 3.18. The van der Waals surface area contributed by atoms with E-state index in [1.165, 1.54) is 7.11 Å². The van der Waals surface area contributed by atoms with Crippen molar-refractivity contribution in [2.24, 2.45) is 5.92 Å². The number of hydrogen-bond donors (Lipinski definition) is 1. The van der Waals surface area contributed by atoms with Gasteiger partial charge in [0.2, 0.25) is 5.91 Å². The number of rotatable bonds is 5. The number of piperidine rings is 1. The van der Waals surface area contributed by atoms with Crippen LogP contribution >= 0.6 is 22.9 Å². The number of halogens is 1. The molecule has 1 aromatic heterocycles. The number of amides is 1. The summed E-state index contributed by atoms with van der Waals surface area (Å²) in [6.45, 7) is 4.57. The molecule has 0 atom stereocenters. The van der Waals surface area contributed by atoms with Crippen LogP contribution in [0.15, 0.2) is 23.6 Å². The molecule has 1 saturated heterocycles. The van der Waals surface area contributed by atoms with E-state index in [0.29, 0.717) is 10.7 Å². The van der Waals surface area contributed by atoms with Crippen molar-refractivity contribution in [2.75, 3.05) is 25.5 Å². The average Bonchev–Trinajstić information content (AvgIpc) is 3.08. The summed E-state index contributed by atoms with van der Waals surface area (Å²) in [5.74, 6) is -0.602. The van der Waals surface area contributed by atoms with E-state index in [-0.39, 0.29) is 17.4 Å². The lowest BCUT2D eigenvalue weighted by atomic mass is 9.95. The van der Waals surface area contributed by atoms with E-state index >= 15 is 0 Å². The van der Waals surface area contributed by atoms with Gasteiger partial charge in [-0.15, -0.1) is 11.3 Å². The van der Waals surface area contributed by atoms with Crippen LogP contribution < -0.4 is 5.32 Å². The molecule has 27 heavy (non-hydrogen) atoms. The van der Waals surface area contributed by atoms with Gasteiger partial charge in [0, 0.05) is 23.5 Å². The SMILES string of the molecule is COC(=O)c1cc(NC(=O)C2CCN(Cc3csc(C)n3)CC2)ccc1Cl. The first-order valence-corrected chi connectivity index (χ1v) is 10.0. The van der Waals surface area contributed by atoms with E-state index in [9.17, 15) is 9.59 Å². The van der Waals surface area contributed by atoms with Crippen molar-refractivity contribution in [3.8, 4) is 0 Å². The van der Waals surface area contributed by atoms with E-state index < -0.39 is 5.97 Å². The molecule has 0 bridgehead atoms. The van der Waals surface area contributed by atoms with E-state index in [4.69, 9.17) is 16.3 Å². The molecule has 6 nitrogen and oxygen atoms in total. The summed E-state index contributed by atoms with van der Waals surface area (Å²) in [4.78, 5) is 31.1. The van der Waals surface area contributed by atoms with Crippen LogP contribution in [-0.2, 0) is 16.1 Å². The Morgan fingerprint density at radius 2 is 2.11 bits per heavy atom. The minimum Gasteiger partial charge on any atom is -0.465 e. The van der Waals surface area contributed by atoms with Gasteiger partial charge in [0.25, 0.3) is 0 Å². The van der Waals surface area contributed by atoms with Crippen LogP contribution in [-0.4, -0.2) is 42.0 Å². The molecular formula is C19H22ClN3O3S. The average molecular weight is 408 g/mol. The predicted octanol–water partition coefficient (Wildman–Crippen LogP) is 3.74. The van der Waals surface area contributed by atoms with Crippen molar-refractivity contribution in [1.82, 2.24) is 9.88 Å². The Labute approximate surface area is 167 Å². The molecule has 8 heteroatoms. The Kier molecular flexibility index (Phi) is 6.46. The maximum Gasteiger partial charge on any atom is 0.339 e. The summed E-state index contributed by atoms with van der Waals surface area (Å²) in [5.41, 5.74) is 1.88. The molecule has 1 aliphatic rings. The first kappa shape index (κ1) is 19.8. The number of carbonyl (C=O) groups excluding carboxylic acids is 2. The Bertz CT molecular complexity index is 831. The zero-order valence-electron chi connectivity index (χ0n) is 15.3. The Hall–Kier alpha value is -1.96. The number of likely N-dealkylation sites (tertiary alicyclic amines) is 1. The molecule has 1 N–H and O–H groups in total. The molecule has 0 spiro atoms. The fraction of sp³-hybridized carbons (Fsp3) is 0.421. The largest absolute Gasteiger partial charge is 0.465 e. The van der Waals surface area contributed by atoms with Crippen molar-refractivity contribution in [1.29, 1.82) is 0 Å². The van der Waals surface area contributed by atoms with Gasteiger partial charge in [-0.2, -0.15) is 0 Å². The molecule has 1 fully saturated rings. The van der Waals surface area contributed by atoms with Gasteiger partial charge in [-0.25, -0.2) is 9.78 Å². The zero-order valence-corrected chi connectivity index (χ0v) is 16.9. The van der Waals surface area contributed by atoms with Crippen LogP contribution in [0.5, 0.6) is 0 Å². The van der Waals surface area contributed by atoms with Crippen molar-refractivity contribution < 1.29 is 14.3 Å². The second-order valence-corrected chi connectivity index (χ2v) is 8.05. The molecule has 1 amide bonds. The Balaban J connectivity index is 1.54. The maximum atomic E-state index is 12.6. The van der Waals surface area contributed by atoms with Crippen LogP contribution in [0.1, 0.15) is 33.9 Å². The number of benzene rings is 1. The van der Waals surface area contributed by atoms with Gasteiger partial charge in [-0.05, 0) is 51.1 Å². The standard InChI is InChI=1S/C19H22ClN3O3S/c1-12-21-15(11-27-12)10-23-7-5-13(6-8-23)18(24)22-14-3-4-17(20)16(9-14)19(25)26-2/h3-4,9,11,13H,5-8,10H2,1-2H3,(H,22,24). The van der Waals surface area contributed by atoms with Gasteiger partial charge in [-0.1, -0.05) is 11.6 Å². The number of thiazole rings is 1. The van der Waals surface area contributed by atoms with E-state index in [1.54, 1.807) is 29.5 Å². The van der Waals surface area contributed by atoms with Gasteiger partial charge in [0.15, 0.2) is 0 Å². The summed E-state index contributed by atoms with van der Waals surface area (Å²) in [6, 6.07) is 4.82. The number of carbonyl (C=O) groups is 2. The molecule has 2 heterocycles. The normalized spacial score (nSPS) is 15.5. The minimum absolute atomic E-state index is 0.0303. The molecule has 0 aliphatic carbocycles. The molecule has 0 unspecified atom stereocenters. The topological polar surface area (TPSA) is 71.5 Å². The third-order valence-electron chi connectivity index (χ3n) is 4.65. The number of nitrogens with one attached hydrogen (secondary N) is 1. The maximum absolute atomic E-state index is 12.6. The van der Waals surface area contributed by atoms with Crippen LogP contribution in [0.4, 0.5) is 5.69 Å². The van der Waals surface area contributed by atoms with Gasteiger partial charge in [0.1, 0.15) is 0 Å². The summed E-state index contributed by atoms with van der Waals surface area (Å²) < 4.78 is 4.71. The third-order valence-corrected chi connectivity index (χ3v) is 5.80. The first-order valence-electron chi connectivity index (χ1n) is 8.78. The third kappa shape index (κ3) is 5.06. The Morgan fingerprint density at radius 3 is 2.74 bits per heavy atom. The highest BCUT2D eigenvalue weighted by atomic mass is 35.5. The zero-order chi connectivity index (χ0) is 19.4. The number of esters is 1. The second kappa shape index (κ2) is 8.82.